The van der Waals surface area contributed by atoms with Crippen molar-refractivity contribution in [1.82, 2.24) is 10.1 Å². The molecular formula is C19H14FN3O2. The monoisotopic (exact) mass is 335 g/mol. The first-order chi connectivity index (χ1) is 12.2. The molecule has 0 saturated heterocycles. The Kier molecular flexibility index (Phi) is 4.86. The number of nitrogens with zero attached hydrogens (tertiary/aromatic N) is 3. The first-order valence-corrected chi connectivity index (χ1v) is 7.59. The maximum absolute atomic E-state index is 13.4. The van der Waals surface area contributed by atoms with E-state index in [0.29, 0.717) is 17.7 Å². The van der Waals surface area contributed by atoms with Gasteiger partial charge in [0.1, 0.15) is 12.1 Å². The predicted molar refractivity (Wildman–Crippen MR) is 87.6 cm³/mol. The number of carbonyl (C=O) groups excluding carboxylic acids is 1. The van der Waals surface area contributed by atoms with Gasteiger partial charge in [0.05, 0.1) is 11.6 Å². The van der Waals surface area contributed by atoms with Crippen LogP contribution in [0.25, 0.3) is 0 Å². The molecule has 1 amide bonds. The van der Waals surface area contributed by atoms with Crippen LogP contribution in [0.2, 0.25) is 0 Å². The Morgan fingerprint density at radius 2 is 1.88 bits per heavy atom. The Morgan fingerprint density at radius 3 is 2.52 bits per heavy atom. The number of carbonyl (C=O) groups is 1. The lowest BCUT2D eigenvalue weighted by Gasteiger charge is -2.22. The minimum absolute atomic E-state index is 0.185. The molecule has 6 heteroatoms. The number of benzene rings is 2. The molecule has 124 valence electrons. The van der Waals surface area contributed by atoms with Gasteiger partial charge in [0, 0.05) is 19.2 Å². The fourth-order valence-electron chi connectivity index (χ4n) is 2.45. The van der Waals surface area contributed by atoms with Gasteiger partial charge in [-0.15, -0.1) is 0 Å². The molecule has 25 heavy (non-hydrogen) atoms. The van der Waals surface area contributed by atoms with Crippen molar-refractivity contribution in [3.63, 3.8) is 0 Å². The normalized spacial score (nSPS) is 10.2. The standard InChI is InChI=1S/C19H14FN3O2/c20-17-3-1-2-16(10-17)13-23(19(24)18-8-9-25-22-18)12-15-6-4-14(11-21)5-7-15/h1-10H,12-13H2. The van der Waals surface area contributed by atoms with Crippen LogP contribution in [0.5, 0.6) is 0 Å². The van der Waals surface area contributed by atoms with E-state index in [2.05, 4.69) is 11.2 Å². The second-order valence-corrected chi connectivity index (χ2v) is 5.48. The van der Waals surface area contributed by atoms with Crippen LogP contribution < -0.4 is 0 Å². The summed E-state index contributed by atoms with van der Waals surface area (Å²) in [7, 11) is 0. The second-order valence-electron chi connectivity index (χ2n) is 5.48. The first-order valence-electron chi connectivity index (χ1n) is 7.59. The molecule has 0 aliphatic heterocycles. The minimum Gasteiger partial charge on any atom is -0.364 e. The number of amides is 1. The molecule has 0 spiro atoms. The van der Waals surface area contributed by atoms with E-state index >= 15 is 0 Å². The van der Waals surface area contributed by atoms with Gasteiger partial charge in [-0.25, -0.2) is 4.39 Å². The molecule has 0 unspecified atom stereocenters. The minimum atomic E-state index is -0.357. The molecule has 5 nitrogen and oxygen atoms in total. The number of nitriles is 1. The summed E-state index contributed by atoms with van der Waals surface area (Å²) < 4.78 is 18.2. The number of aromatic nitrogens is 1. The zero-order chi connectivity index (χ0) is 17.6. The summed E-state index contributed by atoms with van der Waals surface area (Å²) in [5, 5.41) is 12.6. The molecule has 1 aromatic heterocycles. The Labute approximate surface area is 143 Å². The lowest BCUT2D eigenvalue weighted by Crippen LogP contribution is -2.30. The number of hydrogen-bond donors (Lipinski definition) is 0. The molecule has 0 aliphatic rings. The van der Waals surface area contributed by atoms with Crippen molar-refractivity contribution >= 4 is 5.91 Å². The molecule has 3 rings (SSSR count). The van der Waals surface area contributed by atoms with E-state index in [1.165, 1.54) is 24.5 Å². The van der Waals surface area contributed by atoms with Crippen LogP contribution >= 0.6 is 0 Å². The van der Waals surface area contributed by atoms with Gasteiger partial charge >= 0.3 is 0 Å². The lowest BCUT2D eigenvalue weighted by atomic mass is 10.1. The predicted octanol–water partition coefficient (Wildman–Crippen LogP) is 3.53. The molecule has 0 saturated carbocycles. The third kappa shape index (κ3) is 4.09. The van der Waals surface area contributed by atoms with Crippen molar-refractivity contribution in [2.75, 3.05) is 0 Å². The maximum Gasteiger partial charge on any atom is 0.276 e. The molecule has 2 aromatic carbocycles. The van der Waals surface area contributed by atoms with E-state index in [4.69, 9.17) is 9.78 Å². The summed E-state index contributed by atoms with van der Waals surface area (Å²) >= 11 is 0. The molecule has 0 aliphatic carbocycles. The summed E-state index contributed by atoms with van der Waals surface area (Å²) in [6, 6.07) is 16.6. The molecule has 0 bridgehead atoms. The first kappa shape index (κ1) is 16.4. The van der Waals surface area contributed by atoms with Crippen molar-refractivity contribution in [2.24, 2.45) is 0 Å². The quantitative estimate of drug-likeness (QED) is 0.715. The van der Waals surface area contributed by atoms with Gasteiger partial charge in [-0.05, 0) is 35.4 Å². The maximum atomic E-state index is 13.4. The summed E-state index contributed by atoms with van der Waals surface area (Å²) in [6.45, 7) is 0.525. The molecule has 0 N–H and O–H groups in total. The van der Waals surface area contributed by atoms with Gasteiger partial charge in [-0.1, -0.05) is 29.4 Å². The largest absolute Gasteiger partial charge is 0.364 e. The van der Waals surface area contributed by atoms with E-state index in [-0.39, 0.29) is 24.0 Å². The topological polar surface area (TPSA) is 70.1 Å². The summed E-state index contributed by atoms with van der Waals surface area (Å²) in [5.41, 5.74) is 2.26. The van der Waals surface area contributed by atoms with Crippen LogP contribution in [0.15, 0.2) is 65.4 Å². The van der Waals surface area contributed by atoms with Gasteiger partial charge in [-0.3, -0.25) is 4.79 Å². The zero-order valence-corrected chi connectivity index (χ0v) is 13.2. The number of halogens is 1. The highest BCUT2D eigenvalue weighted by Gasteiger charge is 2.19. The zero-order valence-electron chi connectivity index (χ0n) is 13.2. The van der Waals surface area contributed by atoms with Crippen LogP contribution in [-0.2, 0) is 13.1 Å². The summed E-state index contributed by atoms with van der Waals surface area (Å²) in [6.07, 6.45) is 1.33. The molecule has 0 radical (unpaired) electrons. The van der Waals surface area contributed by atoms with Gasteiger partial charge in [0.25, 0.3) is 5.91 Å². The average Bonchev–Trinajstić information content (AvgIpc) is 3.16. The summed E-state index contributed by atoms with van der Waals surface area (Å²) in [5.74, 6) is -0.674. The SMILES string of the molecule is N#Cc1ccc(CN(Cc2cccc(F)c2)C(=O)c2ccon2)cc1. The Balaban J connectivity index is 1.85. The van der Waals surface area contributed by atoms with Crippen LogP contribution in [0, 0.1) is 17.1 Å². The van der Waals surface area contributed by atoms with E-state index in [1.807, 2.05) is 0 Å². The highest BCUT2D eigenvalue weighted by Crippen LogP contribution is 2.15. The van der Waals surface area contributed by atoms with Crippen molar-refractivity contribution < 1.29 is 13.7 Å². The molecule has 0 fully saturated rings. The third-order valence-electron chi connectivity index (χ3n) is 3.66. The van der Waals surface area contributed by atoms with Gasteiger partial charge in [0.15, 0.2) is 5.69 Å². The van der Waals surface area contributed by atoms with Crippen LogP contribution in [0.4, 0.5) is 4.39 Å². The molecule has 3 aromatic rings. The van der Waals surface area contributed by atoms with Crippen molar-refractivity contribution in [3.05, 3.63) is 89.1 Å². The van der Waals surface area contributed by atoms with Crippen LogP contribution in [0.1, 0.15) is 27.2 Å². The highest BCUT2D eigenvalue weighted by atomic mass is 19.1. The molecule has 0 atom stereocenters. The van der Waals surface area contributed by atoms with E-state index in [0.717, 1.165) is 5.56 Å². The second kappa shape index (κ2) is 7.41. The Bertz CT molecular complexity index is 899. The Morgan fingerprint density at radius 1 is 1.12 bits per heavy atom. The fraction of sp³-hybridized carbons (Fsp3) is 0.105. The fourth-order valence-corrected chi connectivity index (χ4v) is 2.45. The van der Waals surface area contributed by atoms with Crippen molar-refractivity contribution in [3.8, 4) is 6.07 Å². The van der Waals surface area contributed by atoms with Gasteiger partial charge in [0.2, 0.25) is 0 Å². The van der Waals surface area contributed by atoms with Gasteiger partial charge < -0.3 is 9.42 Å². The average molecular weight is 335 g/mol. The van der Waals surface area contributed by atoms with E-state index in [9.17, 15) is 9.18 Å². The van der Waals surface area contributed by atoms with E-state index < -0.39 is 0 Å². The van der Waals surface area contributed by atoms with Crippen molar-refractivity contribution in [1.29, 1.82) is 5.26 Å². The van der Waals surface area contributed by atoms with Crippen LogP contribution in [-0.4, -0.2) is 16.0 Å². The van der Waals surface area contributed by atoms with Crippen molar-refractivity contribution in [2.45, 2.75) is 13.1 Å². The molecule has 1 heterocycles. The lowest BCUT2D eigenvalue weighted by molar-refractivity contribution is 0.0719. The smallest absolute Gasteiger partial charge is 0.276 e. The number of hydrogen-bond acceptors (Lipinski definition) is 4. The highest BCUT2D eigenvalue weighted by molar-refractivity contribution is 5.92. The Hall–Kier alpha value is -3.46. The van der Waals surface area contributed by atoms with Gasteiger partial charge in [-0.2, -0.15) is 5.26 Å². The molecular weight excluding hydrogens is 321 g/mol. The van der Waals surface area contributed by atoms with E-state index in [1.54, 1.807) is 41.3 Å². The van der Waals surface area contributed by atoms with Crippen LogP contribution in [0.3, 0.4) is 0 Å². The summed E-state index contributed by atoms with van der Waals surface area (Å²) in [4.78, 5) is 14.2. The third-order valence-corrected chi connectivity index (χ3v) is 3.66. The number of rotatable bonds is 5.